The van der Waals surface area contributed by atoms with Crippen LogP contribution in [-0.4, -0.2) is 19.0 Å². The first-order valence-corrected chi connectivity index (χ1v) is 10.3. The number of pyridine rings is 1. The van der Waals surface area contributed by atoms with Gasteiger partial charge in [0.15, 0.2) is 8.07 Å². The number of hydrogen-bond acceptors (Lipinski definition) is 3. The van der Waals surface area contributed by atoms with Crippen molar-refractivity contribution in [3.8, 4) is 5.75 Å². The van der Waals surface area contributed by atoms with Crippen LogP contribution in [0.1, 0.15) is 34.6 Å². The molecule has 1 heterocycles. The maximum atomic E-state index is 11.5. The molecule has 0 N–H and O–H groups in total. The molecule has 0 fully saturated rings. The fourth-order valence-corrected chi connectivity index (χ4v) is 9.29. The van der Waals surface area contributed by atoms with E-state index in [2.05, 4.69) is 39.8 Å². The summed E-state index contributed by atoms with van der Waals surface area (Å²) in [4.78, 5) is 16.3. The van der Waals surface area contributed by atoms with Crippen molar-refractivity contribution in [3.05, 3.63) is 48.7 Å². The summed E-state index contributed by atoms with van der Waals surface area (Å²) < 4.78 is 5.54. The summed E-state index contributed by atoms with van der Waals surface area (Å²) in [5.74, 6) is 0.397. The first-order valence-electron chi connectivity index (χ1n) is 8.10. The molecule has 0 unspecified atom stereocenters. The average Bonchev–Trinajstić information content (AvgIpc) is 2.49. The highest BCUT2D eigenvalue weighted by atomic mass is 28.3. The number of benzene rings is 1. The van der Waals surface area contributed by atoms with E-state index in [1.54, 1.807) is 0 Å². The summed E-state index contributed by atoms with van der Waals surface area (Å²) in [6.45, 7) is 10.5. The minimum Gasteiger partial charge on any atom is -0.427 e. The summed E-state index contributed by atoms with van der Waals surface area (Å²) in [5, 5.41) is 2.29. The minimum absolute atomic E-state index is 0.283. The van der Waals surface area contributed by atoms with Gasteiger partial charge in [-0.05, 0) is 34.5 Å². The summed E-state index contributed by atoms with van der Waals surface area (Å²) in [6.07, 6.45) is 1.86. The van der Waals surface area contributed by atoms with Crippen molar-refractivity contribution in [1.82, 2.24) is 4.98 Å². The van der Waals surface area contributed by atoms with Crippen LogP contribution in [0.3, 0.4) is 0 Å². The molecule has 0 saturated heterocycles. The maximum Gasteiger partial charge on any atom is 0.308 e. The standard InChI is InChI=1S/C19H25NO2Si/c1-14(2)23(15(3)4,19-12-8-9-13-20-19)18-11-7-6-10-17(18)22-16(5)21/h6-15H,1-5H3. The number of para-hydroxylation sites is 1. The van der Waals surface area contributed by atoms with Crippen molar-refractivity contribution in [2.45, 2.75) is 45.7 Å². The second-order valence-corrected chi connectivity index (χ2v) is 11.6. The fourth-order valence-electron chi connectivity index (χ4n) is 3.68. The largest absolute Gasteiger partial charge is 0.427 e. The third kappa shape index (κ3) is 3.22. The summed E-state index contributed by atoms with van der Waals surface area (Å²) in [6, 6.07) is 14.1. The van der Waals surface area contributed by atoms with Gasteiger partial charge in [0.2, 0.25) is 0 Å². The smallest absolute Gasteiger partial charge is 0.308 e. The molecule has 0 spiro atoms. The summed E-state index contributed by atoms with van der Waals surface area (Å²) >= 11 is 0. The highest BCUT2D eigenvalue weighted by Crippen LogP contribution is 2.34. The van der Waals surface area contributed by atoms with Crippen molar-refractivity contribution in [2.24, 2.45) is 0 Å². The molecule has 3 nitrogen and oxygen atoms in total. The van der Waals surface area contributed by atoms with E-state index in [1.165, 1.54) is 6.92 Å². The van der Waals surface area contributed by atoms with Crippen LogP contribution in [0.2, 0.25) is 11.1 Å². The Hall–Kier alpha value is -1.94. The molecule has 2 aromatic rings. The van der Waals surface area contributed by atoms with Gasteiger partial charge in [0, 0.05) is 18.4 Å². The molecule has 1 aromatic heterocycles. The lowest BCUT2D eigenvalue weighted by molar-refractivity contribution is -0.131. The lowest BCUT2D eigenvalue weighted by atomic mass is 10.3. The van der Waals surface area contributed by atoms with Gasteiger partial charge >= 0.3 is 5.97 Å². The highest BCUT2D eigenvalue weighted by Gasteiger charge is 2.46. The number of ether oxygens (including phenoxy) is 1. The zero-order valence-electron chi connectivity index (χ0n) is 14.5. The normalized spacial score (nSPS) is 11.8. The van der Waals surface area contributed by atoms with Crippen LogP contribution >= 0.6 is 0 Å². The second kappa shape index (κ2) is 7.09. The lowest BCUT2D eigenvalue weighted by Gasteiger charge is -2.39. The van der Waals surface area contributed by atoms with Crippen LogP contribution in [0, 0.1) is 0 Å². The predicted octanol–water partition coefficient (Wildman–Crippen LogP) is 3.39. The van der Waals surface area contributed by atoms with E-state index in [0.717, 1.165) is 10.5 Å². The van der Waals surface area contributed by atoms with Gasteiger partial charge in [-0.1, -0.05) is 52.0 Å². The van der Waals surface area contributed by atoms with E-state index in [-0.39, 0.29) is 5.97 Å². The van der Waals surface area contributed by atoms with Crippen LogP contribution < -0.4 is 15.2 Å². The number of aromatic nitrogens is 1. The van der Waals surface area contributed by atoms with E-state index < -0.39 is 8.07 Å². The first kappa shape index (κ1) is 17.4. The van der Waals surface area contributed by atoms with Gasteiger partial charge < -0.3 is 4.74 Å². The quantitative estimate of drug-likeness (QED) is 0.480. The Balaban J connectivity index is 2.76. The summed E-state index contributed by atoms with van der Waals surface area (Å²) in [7, 11) is -2.20. The Labute approximate surface area is 139 Å². The van der Waals surface area contributed by atoms with Gasteiger partial charge in [0.05, 0.1) is 0 Å². The average molecular weight is 328 g/mol. The molecule has 0 aliphatic rings. The SMILES string of the molecule is CC(=O)Oc1ccccc1[Si](c1ccccn1)(C(C)C)C(C)C. The third-order valence-electron chi connectivity index (χ3n) is 4.50. The molecule has 0 radical (unpaired) electrons. The monoisotopic (exact) mass is 327 g/mol. The Morgan fingerprint density at radius 2 is 1.61 bits per heavy atom. The van der Waals surface area contributed by atoms with E-state index in [0.29, 0.717) is 16.8 Å². The molecule has 0 aliphatic carbocycles. The highest BCUT2D eigenvalue weighted by molar-refractivity contribution is 7.04. The topological polar surface area (TPSA) is 39.2 Å². The van der Waals surface area contributed by atoms with E-state index >= 15 is 0 Å². The van der Waals surface area contributed by atoms with Crippen LogP contribution in [0.5, 0.6) is 5.75 Å². The van der Waals surface area contributed by atoms with Gasteiger partial charge in [-0.15, -0.1) is 0 Å². The lowest BCUT2D eigenvalue weighted by Crippen LogP contribution is -2.64. The van der Waals surface area contributed by atoms with Crippen molar-refractivity contribution >= 4 is 24.5 Å². The Bertz CT molecular complexity index is 660. The Morgan fingerprint density at radius 3 is 2.13 bits per heavy atom. The van der Waals surface area contributed by atoms with Crippen LogP contribution in [0.15, 0.2) is 48.7 Å². The van der Waals surface area contributed by atoms with Gasteiger partial charge in [0.25, 0.3) is 0 Å². The number of hydrogen-bond donors (Lipinski definition) is 0. The molecular formula is C19H25NO2Si. The number of carbonyl (C=O) groups is 1. The number of carbonyl (C=O) groups excluding carboxylic acids is 1. The maximum absolute atomic E-state index is 11.5. The van der Waals surface area contributed by atoms with Crippen LogP contribution in [0.25, 0.3) is 0 Å². The van der Waals surface area contributed by atoms with Crippen molar-refractivity contribution in [2.75, 3.05) is 0 Å². The van der Waals surface area contributed by atoms with Crippen molar-refractivity contribution < 1.29 is 9.53 Å². The molecule has 1 aromatic carbocycles. The fraction of sp³-hybridized carbons (Fsp3) is 0.368. The zero-order valence-corrected chi connectivity index (χ0v) is 15.5. The second-order valence-electron chi connectivity index (χ2n) is 6.48. The van der Waals surface area contributed by atoms with Gasteiger partial charge in [-0.3, -0.25) is 9.78 Å². The van der Waals surface area contributed by atoms with Gasteiger partial charge in [-0.25, -0.2) is 0 Å². The molecule has 0 atom stereocenters. The molecule has 4 heteroatoms. The summed E-state index contributed by atoms with van der Waals surface area (Å²) in [5.41, 5.74) is 0.850. The van der Waals surface area contributed by atoms with Crippen molar-refractivity contribution in [3.63, 3.8) is 0 Å². The van der Waals surface area contributed by atoms with E-state index in [9.17, 15) is 4.79 Å². The predicted molar refractivity (Wildman–Crippen MR) is 97.2 cm³/mol. The molecule has 0 saturated carbocycles. The number of rotatable bonds is 5. The molecule has 23 heavy (non-hydrogen) atoms. The van der Waals surface area contributed by atoms with E-state index in [1.807, 2.05) is 36.5 Å². The Kier molecular flexibility index (Phi) is 5.37. The van der Waals surface area contributed by atoms with Gasteiger partial charge in [-0.2, -0.15) is 0 Å². The molecule has 122 valence electrons. The van der Waals surface area contributed by atoms with E-state index in [4.69, 9.17) is 9.72 Å². The van der Waals surface area contributed by atoms with Crippen LogP contribution in [-0.2, 0) is 4.79 Å². The molecule has 0 amide bonds. The zero-order chi connectivity index (χ0) is 17.0. The Morgan fingerprint density at radius 1 is 1.00 bits per heavy atom. The minimum atomic E-state index is -2.20. The molecule has 0 bridgehead atoms. The number of esters is 1. The first-order chi connectivity index (χ1) is 10.9. The van der Waals surface area contributed by atoms with Crippen LogP contribution in [0.4, 0.5) is 0 Å². The number of nitrogens with zero attached hydrogens (tertiary/aromatic N) is 1. The molecular weight excluding hydrogens is 302 g/mol. The van der Waals surface area contributed by atoms with Gasteiger partial charge in [0.1, 0.15) is 5.75 Å². The third-order valence-corrected chi connectivity index (χ3v) is 10.6. The molecule has 0 aliphatic heterocycles. The molecule has 2 rings (SSSR count). The van der Waals surface area contributed by atoms with Crippen molar-refractivity contribution in [1.29, 1.82) is 0 Å².